The van der Waals surface area contributed by atoms with E-state index in [1.165, 1.54) is 18.2 Å². The van der Waals surface area contributed by atoms with Crippen molar-refractivity contribution in [3.8, 4) is 0 Å². The number of halogens is 1. The molecule has 0 radical (unpaired) electrons. The molecule has 0 aliphatic heterocycles. The molecule has 0 spiro atoms. The summed E-state index contributed by atoms with van der Waals surface area (Å²) in [6, 6.07) is 12.2. The molecule has 104 valence electrons. The highest BCUT2D eigenvalue weighted by Crippen LogP contribution is 2.23. The Morgan fingerprint density at radius 1 is 1.05 bits per heavy atom. The minimum Gasteiger partial charge on any atom is -0.321 e. The predicted octanol–water partition coefficient (Wildman–Crippen LogP) is 2.91. The van der Waals surface area contributed by atoms with Gasteiger partial charge in [-0.2, -0.15) is 8.42 Å². The Bertz CT molecular complexity index is 757. The first-order valence-corrected chi connectivity index (χ1v) is 7.18. The number of hydrogen-bond acceptors (Lipinski definition) is 3. The minimum atomic E-state index is -4.89. The van der Waals surface area contributed by atoms with Gasteiger partial charge in [0.15, 0.2) is 0 Å². The molecule has 0 saturated carbocycles. The first-order valence-electron chi connectivity index (χ1n) is 5.80. The molecule has 0 bridgehead atoms. The van der Waals surface area contributed by atoms with Gasteiger partial charge in [-0.05, 0) is 30.7 Å². The van der Waals surface area contributed by atoms with E-state index in [2.05, 4.69) is 5.32 Å². The Morgan fingerprint density at radius 2 is 1.65 bits per heavy atom. The van der Waals surface area contributed by atoms with E-state index in [0.29, 0.717) is 5.56 Å². The van der Waals surface area contributed by atoms with Crippen LogP contribution >= 0.6 is 0 Å². The summed E-state index contributed by atoms with van der Waals surface area (Å²) in [5.74, 6) is -0.487. The fraction of sp³-hybridized carbons (Fsp3) is 0.0714. The fourth-order valence-electron chi connectivity index (χ4n) is 1.80. The quantitative estimate of drug-likeness (QED) is 0.885. The van der Waals surface area contributed by atoms with Crippen molar-refractivity contribution >= 4 is 21.8 Å². The molecule has 2 rings (SSSR count). The van der Waals surface area contributed by atoms with Crippen LogP contribution in [0.25, 0.3) is 0 Å². The summed E-state index contributed by atoms with van der Waals surface area (Å²) >= 11 is 0. The van der Waals surface area contributed by atoms with Gasteiger partial charge in [0.1, 0.15) is 4.90 Å². The average molecular weight is 293 g/mol. The zero-order chi connectivity index (χ0) is 14.8. The average Bonchev–Trinajstić information content (AvgIpc) is 2.38. The lowest BCUT2D eigenvalue weighted by Crippen LogP contribution is -2.15. The van der Waals surface area contributed by atoms with Crippen LogP contribution in [0.5, 0.6) is 0 Å². The Kier molecular flexibility index (Phi) is 3.85. The lowest BCUT2D eigenvalue weighted by Gasteiger charge is -2.09. The topological polar surface area (TPSA) is 63.2 Å². The van der Waals surface area contributed by atoms with E-state index in [-0.39, 0.29) is 5.69 Å². The molecular weight excluding hydrogens is 281 g/mol. The van der Waals surface area contributed by atoms with E-state index in [4.69, 9.17) is 0 Å². The monoisotopic (exact) mass is 293 g/mol. The second-order valence-corrected chi connectivity index (χ2v) is 5.52. The molecule has 20 heavy (non-hydrogen) atoms. The summed E-state index contributed by atoms with van der Waals surface area (Å²) in [7, 11) is -4.89. The summed E-state index contributed by atoms with van der Waals surface area (Å²) in [6.45, 7) is 1.76. The third kappa shape index (κ3) is 3.03. The Hall–Kier alpha value is -2.21. The Balaban J connectivity index is 2.37. The van der Waals surface area contributed by atoms with Crippen LogP contribution in [0.2, 0.25) is 0 Å². The molecule has 0 heterocycles. The molecule has 4 nitrogen and oxygen atoms in total. The number of carbonyl (C=O) groups is 1. The van der Waals surface area contributed by atoms with Gasteiger partial charge in [-0.3, -0.25) is 4.79 Å². The fourth-order valence-corrected chi connectivity index (χ4v) is 2.42. The van der Waals surface area contributed by atoms with Crippen LogP contribution in [0.4, 0.5) is 9.57 Å². The first-order chi connectivity index (χ1) is 9.39. The van der Waals surface area contributed by atoms with E-state index < -0.39 is 21.0 Å². The number of aryl methyl sites for hydroxylation is 1. The number of amides is 1. The molecule has 0 atom stereocenters. The molecule has 0 aliphatic carbocycles. The van der Waals surface area contributed by atoms with E-state index in [9.17, 15) is 17.1 Å². The molecular formula is C14H12FNO3S. The largest absolute Gasteiger partial charge is 0.334 e. The van der Waals surface area contributed by atoms with Crippen molar-refractivity contribution in [1.29, 1.82) is 0 Å². The van der Waals surface area contributed by atoms with Gasteiger partial charge in [0.2, 0.25) is 0 Å². The van der Waals surface area contributed by atoms with Crippen LogP contribution < -0.4 is 5.32 Å². The number of rotatable bonds is 3. The molecule has 0 fully saturated rings. The van der Waals surface area contributed by atoms with Gasteiger partial charge < -0.3 is 5.32 Å². The highest BCUT2D eigenvalue weighted by atomic mass is 32.3. The normalized spacial score (nSPS) is 11.1. The van der Waals surface area contributed by atoms with Gasteiger partial charge >= 0.3 is 10.2 Å². The highest BCUT2D eigenvalue weighted by molar-refractivity contribution is 7.86. The van der Waals surface area contributed by atoms with Gasteiger partial charge in [-0.25, -0.2) is 0 Å². The molecule has 0 aliphatic rings. The minimum absolute atomic E-state index is 0.0803. The zero-order valence-electron chi connectivity index (χ0n) is 10.6. The van der Waals surface area contributed by atoms with Crippen LogP contribution in [0, 0.1) is 6.92 Å². The predicted molar refractivity (Wildman–Crippen MR) is 73.9 cm³/mol. The maximum atomic E-state index is 13.1. The Morgan fingerprint density at radius 3 is 2.30 bits per heavy atom. The zero-order valence-corrected chi connectivity index (χ0v) is 11.4. The number of benzene rings is 2. The summed E-state index contributed by atoms with van der Waals surface area (Å²) in [5, 5.41) is 2.42. The van der Waals surface area contributed by atoms with Crippen LogP contribution in [0.15, 0.2) is 53.4 Å². The smallest absolute Gasteiger partial charge is 0.321 e. The number of hydrogen-bond donors (Lipinski definition) is 1. The molecule has 2 aromatic rings. The van der Waals surface area contributed by atoms with Gasteiger partial charge in [-0.1, -0.05) is 30.3 Å². The van der Waals surface area contributed by atoms with Crippen LogP contribution in [-0.4, -0.2) is 14.3 Å². The number of carbonyl (C=O) groups excluding carboxylic acids is 1. The van der Waals surface area contributed by atoms with E-state index in [1.54, 1.807) is 31.2 Å². The summed E-state index contributed by atoms with van der Waals surface area (Å²) < 4.78 is 35.2. The summed E-state index contributed by atoms with van der Waals surface area (Å²) in [4.78, 5) is 11.5. The van der Waals surface area contributed by atoms with Gasteiger partial charge in [0.05, 0.1) is 5.69 Å². The van der Waals surface area contributed by atoms with Crippen molar-refractivity contribution in [1.82, 2.24) is 0 Å². The molecule has 0 aromatic heterocycles. The van der Waals surface area contributed by atoms with Gasteiger partial charge in [0, 0.05) is 5.56 Å². The van der Waals surface area contributed by atoms with Crippen molar-refractivity contribution in [2.45, 2.75) is 11.8 Å². The number of nitrogens with one attached hydrogen (secondary N) is 1. The Labute approximate surface area is 116 Å². The standard InChI is InChI=1S/C14H12FNO3S/c1-10-6-2-3-7-11(10)14(17)16-12-8-4-5-9-13(12)20(15,18)19/h2-9H,1H3,(H,16,17). The van der Waals surface area contributed by atoms with Gasteiger partial charge in [-0.15, -0.1) is 3.89 Å². The van der Waals surface area contributed by atoms with Crippen LogP contribution in [0.1, 0.15) is 15.9 Å². The molecule has 1 N–H and O–H groups in total. The molecule has 0 unspecified atom stereocenters. The number of anilines is 1. The second kappa shape index (κ2) is 5.42. The summed E-state index contributed by atoms with van der Waals surface area (Å²) in [5.41, 5.74) is 1.06. The maximum absolute atomic E-state index is 13.1. The van der Waals surface area contributed by atoms with Crippen LogP contribution in [-0.2, 0) is 10.2 Å². The maximum Gasteiger partial charge on any atom is 0.334 e. The second-order valence-electron chi connectivity index (χ2n) is 4.20. The first kappa shape index (κ1) is 14.2. The van der Waals surface area contributed by atoms with Crippen molar-refractivity contribution in [3.05, 3.63) is 59.7 Å². The summed E-state index contributed by atoms with van der Waals surface area (Å²) in [6.07, 6.45) is 0. The SMILES string of the molecule is Cc1ccccc1C(=O)Nc1ccccc1S(=O)(=O)F. The van der Waals surface area contributed by atoms with Crippen molar-refractivity contribution in [3.63, 3.8) is 0 Å². The molecule has 1 amide bonds. The molecule has 2 aromatic carbocycles. The van der Waals surface area contributed by atoms with E-state index >= 15 is 0 Å². The van der Waals surface area contributed by atoms with Crippen LogP contribution in [0.3, 0.4) is 0 Å². The lowest BCUT2D eigenvalue weighted by molar-refractivity contribution is 0.102. The lowest BCUT2D eigenvalue weighted by atomic mass is 10.1. The molecule has 6 heteroatoms. The third-order valence-electron chi connectivity index (χ3n) is 2.79. The molecule has 0 saturated heterocycles. The van der Waals surface area contributed by atoms with E-state index in [1.807, 2.05) is 0 Å². The van der Waals surface area contributed by atoms with E-state index in [0.717, 1.165) is 11.6 Å². The third-order valence-corrected chi connectivity index (χ3v) is 3.67. The van der Waals surface area contributed by atoms with Crippen molar-refractivity contribution < 1.29 is 17.1 Å². The van der Waals surface area contributed by atoms with Crippen molar-refractivity contribution in [2.24, 2.45) is 0 Å². The van der Waals surface area contributed by atoms with Gasteiger partial charge in [0.25, 0.3) is 5.91 Å². The highest BCUT2D eigenvalue weighted by Gasteiger charge is 2.19. The number of para-hydroxylation sites is 1. The van der Waals surface area contributed by atoms with Crippen molar-refractivity contribution in [2.75, 3.05) is 5.32 Å².